The highest BCUT2D eigenvalue weighted by Crippen LogP contribution is 2.13. The van der Waals surface area contributed by atoms with Crippen molar-refractivity contribution in [3.05, 3.63) is 12.8 Å². The van der Waals surface area contributed by atoms with Crippen LogP contribution in [0.2, 0.25) is 0 Å². The van der Waals surface area contributed by atoms with Gasteiger partial charge in [0.2, 0.25) is 0 Å². The minimum atomic E-state index is 1.10. The van der Waals surface area contributed by atoms with Crippen LogP contribution in [0.4, 0.5) is 0 Å². The van der Waals surface area contributed by atoms with Gasteiger partial charge in [-0.3, -0.25) is 0 Å². The molecule has 0 aliphatic rings. The van der Waals surface area contributed by atoms with Gasteiger partial charge in [-0.05, 0) is 12.6 Å². The predicted molar refractivity (Wildman–Crippen MR) is 93.1 cm³/mol. The largest absolute Gasteiger partial charge is 0.391 e. The molecule has 1 N–H and O–H groups in total. The molecule has 0 rings (SSSR count). The van der Waals surface area contributed by atoms with Crippen LogP contribution in [0.1, 0.15) is 103 Å². The van der Waals surface area contributed by atoms with Gasteiger partial charge < -0.3 is 5.32 Å². The maximum absolute atomic E-state index is 3.66. The second-order valence-corrected chi connectivity index (χ2v) is 6.11. The van der Waals surface area contributed by atoms with Crippen molar-refractivity contribution in [2.45, 2.75) is 103 Å². The maximum atomic E-state index is 3.66. The molecule has 0 unspecified atom stereocenters. The summed E-state index contributed by atoms with van der Waals surface area (Å²) in [6.07, 6.45) is 23.3. The molecule has 0 aliphatic heterocycles. The second-order valence-electron chi connectivity index (χ2n) is 6.11. The lowest BCUT2D eigenvalue weighted by atomic mass is 10.0. The third kappa shape index (κ3) is 17.5. The third-order valence-corrected chi connectivity index (χ3v) is 4.07. The molecule has 0 aromatic rings. The highest BCUT2D eigenvalue weighted by molar-refractivity contribution is 4.62. The molecule has 0 saturated heterocycles. The van der Waals surface area contributed by atoms with Gasteiger partial charge >= 0.3 is 0 Å². The summed E-state index contributed by atoms with van der Waals surface area (Å²) in [5.74, 6) is 0. The Kier molecular flexibility index (Phi) is 18.1. The number of hydrogen-bond donors (Lipinski definition) is 1. The zero-order valence-electron chi connectivity index (χ0n) is 14.1. The van der Waals surface area contributed by atoms with Gasteiger partial charge in [0.05, 0.1) is 0 Å². The van der Waals surface area contributed by atoms with Crippen molar-refractivity contribution in [3.8, 4) is 0 Å². The molecule has 0 bridgehead atoms. The summed E-state index contributed by atoms with van der Waals surface area (Å²) >= 11 is 0. The number of unbranched alkanes of at least 4 members (excludes halogenated alkanes) is 14. The van der Waals surface area contributed by atoms with Crippen LogP contribution in [0.5, 0.6) is 0 Å². The Hall–Kier alpha value is -0.460. The van der Waals surface area contributed by atoms with Crippen molar-refractivity contribution >= 4 is 0 Å². The van der Waals surface area contributed by atoms with E-state index in [0.717, 1.165) is 6.54 Å². The zero-order valence-corrected chi connectivity index (χ0v) is 14.1. The summed E-state index contributed by atoms with van der Waals surface area (Å²) in [6, 6.07) is 0. The van der Waals surface area contributed by atoms with E-state index in [1.54, 1.807) is 6.20 Å². The first-order valence-corrected chi connectivity index (χ1v) is 9.26. The summed E-state index contributed by atoms with van der Waals surface area (Å²) in [5, 5.41) is 3.16. The van der Waals surface area contributed by atoms with Gasteiger partial charge in [0, 0.05) is 6.54 Å². The van der Waals surface area contributed by atoms with Crippen LogP contribution >= 0.6 is 0 Å². The average molecular weight is 282 g/mol. The average Bonchev–Trinajstić information content (AvgIpc) is 2.47. The van der Waals surface area contributed by atoms with E-state index in [9.17, 15) is 0 Å². The SMILES string of the molecule is C=CNCCCCCCCCCCCCCCCCC. The van der Waals surface area contributed by atoms with E-state index < -0.39 is 0 Å². The Balaban J connectivity index is 2.90. The van der Waals surface area contributed by atoms with E-state index in [-0.39, 0.29) is 0 Å². The monoisotopic (exact) mass is 281 g/mol. The molecule has 0 spiro atoms. The predicted octanol–water partition coefficient (Wildman–Crippen LogP) is 6.59. The van der Waals surface area contributed by atoms with Crippen molar-refractivity contribution in [3.63, 3.8) is 0 Å². The van der Waals surface area contributed by atoms with Gasteiger partial charge in [-0.25, -0.2) is 0 Å². The van der Waals surface area contributed by atoms with Crippen LogP contribution in [-0.2, 0) is 0 Å². The number of rotatable bonds is 17. The fourth-order valence-electron chi connectivity index (χ4n) is 2.70. The van der Waals surface area contributed by atoms with Gasteiger partial charge in [-0.15, -0.1) is 0 Å². The highest BCUT2D eigenvalue weighted by atomic mass is 14.8. The van der Waals surface area contributed by atoms with Crippen molar-refractivity contribution in [2.75, 3.05) is 6.54 Å². The molecule has 0 saturated carbocycles. The highest BCUT2D eigenvalue weighted by Gasteiger charge is 1.94. The molecule has 120 valence electrons. The minimum Gasteiger partial charge on any atom is -0.391 e. The Labute approximate surface area is 128 Å². The summed E-state index contributed by atoms with van der Waals surface area (Å²) in [5.41, 5.74) is 0. The van der Waals surface area contributed by atoms with Gasteiger partial charge in [0.25, 0.3) is 0 Å². The van der Waals surface area contributed by atoms with E-state index >= 15 is 0 Å². The lowest BCUT2D eigenvalue weighted by Gasteiger charge is -2.03. The maximum Gasteiger partial charge on any atom is 0.0141 e. The van der Waals surface area contributed by atoms with Gasteiger partial charge in [-0.1, -0.05) is 103 Å². The van der Waals surface area contributed by atoms with E-state index in [1.165, 1.54) is 96.3 Å². The van der Waals surface area contributed by atoms with E-state index in [0.29, 0.717) is 0 Å². The molecule has 0 aromatic heterocycles. The zero-order chi connectivity index (χ0) is 14.7. The van der Waals surface area contributed by atoms with Crippen LogP contribution in [-0.4, -0.2) is 6.54 Å². The van der Waals surface area contributed by atoms with Gasteiger partial charge in [-0.2, -0.15) is 0 Å². The van der Waals surface area contributed by atoms with Crippen molar-refractivity contribution in [1.82, 2.24) is 5.32 Å². The van der Waals surface area contributed by atoms with Crippen LogP contribution in [0.15, 0.2) is 12.8 Å². The van der Waals surface area contributed by atoms with Crippen LogP contribution in [0, 0.1) is 0 Å². The smallest absolute Gasteiger partial charge is 0.0141 e. The van der Waals surface area contributed by atoms with Gasteiger partial charge in [0.15, 0.2) is 0 Å². The van der Waals surface area contributed by atoms with Crippen LogP contribution in [0.25, 0.3) is 0 Å². The molecule has 0 heterocycles. The molecule has 1 nitrogen and oxygen atoms in total. The molecule has 20 heavy (non-hydrogen) atoms. The molecular formula is C19H39N. The van der Waals surface area contributed by atoms with E-state index in [2.05, 4.69) is 18.8 Å². The molecule has 0 fully saturated rings. The van der Waals surface area contributed by atoms with E-state index in [4.69, 9.17) is 0 Å². The number of hydrogen-bond acceptors (Lipinski definition) is 1. The van der Waals surface area contributed by atoms with Crippen molar-refractivity contribution < 1.29 is 0 Å². The number of nitrogens with one attached hydrogen (secondary N) is 1. The van der Waals surface area contributed by atoms with E-state index in [1.807, 2.05) is 0 Å². The summed E-state index contributed by atoms with van der Waals surface area (Å²) in [6.45, 7) is 7.05. The lowest BCUT2D eigenvalue weighted by molar-refractivity contribution is 0.531. The van der Waals surface area contributed by atoms with Gasteiger partial charge in [0.1, 0.15) is 0 Å². The van der Waals surface area contributed by atoms with Crippen molar-refractivity contribution in [2.24, 2.45) is 0 Å². The quantitative estimate of drug-likeness (QED) is 0.296. The molecule has 0 aromatic carbocycles. The van der Waals surface area contributed by atoms with Crippen LogP contribution in [0.3, 0.4) is 0 Å². The topological polar surface area (TPSA) is 12.0 Å². The first-order valence-electron chi connectivity index (χ1n) is 9.26. The Morgan fingerprint density at radius 3 is 1.30 bits per heavy atom. The standard InChI is InChI=1S/C19H39N/c1-3-5-6-7-8-9-10-11-12-13-14-15-16-17-18-19-20-4-2/h4,20H,2-3,5-19H2,1H3. The first kappa shape index (κ1) is 19.5. The lowest BCUT2D eigenvalue weighted by Crippen LogP contribution is -2.05. The Morgan fingerprint density at radius 1 is 0.600 bits per heavy atom. The normalized spacial score (nSPS) is 10.7. The summed E-state index contributed by atoms with van der Waals surface area (Å²) < 4.78 is 0. The first-order chi connectivity index (χ1) is 9.91. The fourth-order valence-corrected chi connectivity index (χ4v) is 2.70. The second kappa shape index (κ2) is 18.5. The summed E-state index contributed by atoms with van der Waals surface area (Å²) in [7, 11) is 0. The fraction of sp³-hybridized carbons (Fsp3) is 0.895. The molecule has 0 atom stereocenters. The Morgan fingerprint density at radius 2 is 0.950 bits per heavy atom. The molecule has 0 amide bonds. The van der Waals surface area contributed by atoms with Crippen LogP contribution < -0.4 is 5.32 Å². The molecule has 0 radical (unpaired) electrons. The molecule has 0 aliphatic carbocycles. The third-order valence-electron chi connectivity index (χ3n) is 4.07. The van der Waals surface area contributed by atoms with Crippen molar-refractivity contribution in [1.29, 1.82) is 0 Å². The Bertz CT molecular complexity index is 177. The minimum absolute atomic E-state index is 1.10. The summed E-state index contributed by atoms with van der Waals surface area (Å²) in [4.78, 5) is 0. The molecule has 1 heteroatoms. The molecular weight excluding hydrogens is 242 g/mol.